The number of hydrogen-bond acceptors (Lipinski definition) is 3. The summed E-state index contributed by atoms with van der Waals surface area (Å²) in [6.45, 7) is 4.44. The van der Waals surface area contributed by atoms with Gasteiger partial charge in [0.25, 0.3) is 0 Å². The lowest BCUT2D eigenvalue weighted by molar-refractivity contribution is 0.0843. The van der Waals surface area contributed by atoms with Crippen LogP contribution in [0.3, 0.4) is 0 Å². The number of pyridine rings is 1. The molecule has 3 nitrogen and oxygen atoms in total. The highest BCUT2D eigenvalue weighted by Crippen LogP contribution is 2.42. The summed E-state index contributed by atoms with van der Waals surface area (Å²) >= 11 is 0. The molecule has 2 aliphatic rings. The van der Waals surface area contributed by atoms with E-state index in [1.165, 1.54) is 37.8 Å². The Labute approximate surface area is 116 Å². The van der Waals surface area contributed by atoms with Crippen molar-refractivity contribution in [1.82, 2.24) is 15.2 Å². The standard InChI is InChI=1S/C16H25N3/c1-12-5-6-14(11-18-12)16-13(10-17-2)4-3-9-19(16)15-7-8-15/h5-6,11,13,15-17H,3-4,7-10H2,1-2H3. The maximum absolute atomic E-state index is 4.52. The SMILES string of the molecule is CNCC1CCCN(C2CC2)C1c1ccc(C)nc1. The number of nitrogens with one attached hydrogen (secondary N) is 1. The summed E-state index contributed by atoms with van der Waals surface area (Å²) in [6, 6.07) is 5.86. The minimum atomic E-state index is 0.571. The van der Waals surface area contributed by atoms with Gasteiger partial charge in [-0.05, 0) is 70.3 Å². The van der Waals surface area contributed by atoms with Gasteiger partial charge in [-0.25, -0.2) is 0 Å². The van der Waals surface area contributed by atoms with E-state index in [4.69, 9.17) is 0 Å². The molecular weight excluding hydrogens is 234 g/mol. The molecule has 1 aromatic heterocycles. The minimum Gasteiger partial charge on any atom is -0.319 e. The molecule has 2 unspecified atom stereocenters. The van der Waals surface area contributed by atoms with E-state index in [2.05, 4.69) is 47.5 Å². The van der Waals surface area contributed by atoms with Crippen LogP contribution >= 0.6 is 0 Å². The quantitative estimate of drug-likeness (QED) is 0.900. The van der Waals surface area contributed by atoms with Gasteiger partial charge in [-0.2, -0.15) is 0 Å². The largest absolute Gasteiger partial charge is 0.319 e. The number of aromatic nitrogens is 1. The Morgan fingerprint density at radius 3 is 2.79 bits per heavy atom. The first kappa shape index (κ1) is 13.1. The number of nitrogens with zero attached hydrogens (tertiary/aromatic N) is 2. The number of rotatable bonds is 4. The molecule has 1 saturated heterocycles. The highest BCUT2D eigenvalue weighted by molar-refractivity contribution is 5.20. The lowest BCUT2D eigenvalue weighted by Crippen LogP contribution is -2.43. The fraction of sp³-hybridized carbons (Fsp3) is 0.688. The van der Waals surface area contributed by atoms with Crippen LogP contribution in [0, 0.1) is 12.8 Å². The van der Waals surface area contributed by atoms with Crippen molar-refractivity contribution in [2.24, 2.45) is 5.92 Å². The van der Waals surface area contributed by atoms with Crippen LogP contribution in [0.1, 0.15) is 43.0 Å². The molecule has 104 valence electrons. The van der Waals surface area contributed by atoms with Gasteiger partial charge in [0.1, 0.15) is 0 Å². The molecular formula is C16H25N3. The third-order valence-electron chi connectivity index (χ3n) is 4.55. The number of hydrogen-bond donors (Lipinski definition) is 1. The summed E-state index contributed by atoms with van der Waals surface area (Å²) in [5.74, 6) is 0.726. The van der Waals surface area contributed by atoms with Gasteiger partial charge in [0.15, 0.2) is 0 Å². The van der Waals surface area contributed by atoms with Crippen LogP contribution in [0.15, 0.2) is 18.3 Å². The summed E-state index contributed by atoms with van der Waals surface area (Å²) in [4.78, 5) is 7.26. The average Bonchev–Trinajstić information content (AvgIpc) is 3.24. The molecule has 1 aromatic rings. The van der Waals surface area contributed by atoms with Gasteiger partial charge in [0.05, 0.1) is 0 Å². The zero-order chi connectivity index (χ0) is 13.2. The molecule has 0 amide bonds. The van der Waals surface area contributed by atoms with Crippen molar-refractivity contribution in [2.45, 2.75) is 44.7 Å². The van der Waals surface area contributed by atoms with E-state index in [9.17, 15) is 0 Å². The zero-order valence-electron chi connectivity index (χ0n) is 12.1. The Hall–Kier alpha value is -0.930. The van der Waals surface area contributed by atoms with Crippen molar-refractivity contribution in [3.63, 3.8) is 0 Å². The number of likely N-dealkylation sites (tertiary alicyclic amines) is 1. The molecule has 3 heteroatoms. The lowest BCUT2D eigenvalue weighted by atomic mass is 9.85. The lowest BCUT2D eigenvalue weighted by Gasteiger charge is -2.42. The second-order valence-corrected chi connectivity index (χ2v) is 6.11. The minimum absolute atomic E-state index is 0.571. The van der Waals surface area contributed by atoms with Crippen LogP contribution in [-0.4, -0.2) is 36.1 Å². The molecule has 0 spiro atoms. The maximum Gasteiger partial charge on any atom is 0.0406 e. The first-order valence-corrected chi connectivity index (χ1v) is 7.62. The molecule has 1 aliphatic carbocycles. The van der Waals surface area contributed by atoms with Crippen LogP contribution in [0.2, 0.25) is 0 Å². The molecule has 1 N–H and O–H groups in total. The third-order valence-corrected chi connectivity index (χ3v) is 4.55. The smallest absolute Gasteiger partial charge is 0.0406 e. The molecule has 2 heterocycles. The second-order valence-electron chi connectivity index (χ2n) is 6.11. The van der Waals surface area contributed by atoms with Crippen LogP contribution in [0.4, 0.5) is 0 Å². The predicted molar refractivity (Wildman–Crippen MR) is 78.1 cm³/mol. The first-order valence-electron chi connectivity index (χ1n) is 7.62. The van der Waals surface area contributed by atoms with Crippen molar-refractivity contribution in [1.29, 1.82) is 0 Å². The van der Waals surface area contributed by atoms with Gasteiger partial charge in [-0.3, -0.25) is 9.88 Å². The summed E-state index contributed by atoms with van der Waals surface area (Å²) in [5.41, 5.74) is 2.53. The van der Waals surface area contributed by atoms with Crippen molar-refractivity contribution >= 4 is 0 Å². The van der Waals surface area contributed by atoms with E-state index in [1.54, 1.807) is 0 Å². The Kier molecular flexibility index (Phi) is 3.85. The maximum atomic E-state index is 4.52. The van der Waals surface area contributed by atoms with Crippen LogP contribution in [0.5, 0.6) is 0 Å². The fourth-order valence-corrected chi connectivity index (χ4v) is 3.51. The molecule has 0 radical (unpaired) electrons. The van der Waals surface area contributed by atoms with E-state index in [-0.39, 0.29) is 0 Å². The van der Waals surface area contributed by atoms with Gasteiger partial charge in [-0.15, -0.1) is 0 Å². The molecule has 3 rings (SSSR count). The highest BCUT2D eigenvalue weighted by Gasteiger charge is 2.40. The Morgan fingerprint density at radius 2 is 2.16 bits per heavy atom. The first-order chi connectivity index (χ1) is 9.29. The average molecular weight is 259 g/mol. The second kappa shape index (κ2) is 5.59. The Balaban J connectivity index is 1.87. The van der Waals surface area contributed by atoms with Gasteiger partial charge >= 0.3 is 0 Å². The molecule has 0 bridgehead atoms. The van der Waals surface area contributed by atoms with Crippen molar-refractivity contribution in [3.8, 4) is 0 Å². The van der Waals surface area contributed by atoms with Gasteiger partial charge < -0.3 is 5.32 Å². The van der Waals surface area contributed by atoms with E-state index in [0.717, 1.165) is 24.2 Å². The van der Waals surface area contributed by atoms with Gasteiger partial charge in [0, 0.05) is 24.0 Å². The van der Waals surface area contributed by atoms with Gasteiger partial charge in [-0.1, -0.05) is 6.07 Å². The molecule has 1 aliphatic heterocycles. The number of piperidine rings is 1. The molecule has 1 saturated carbocycles. The topological polar surface area (TPSA) is 28.2 Å². The van der Waals surface area contributed by atoms with E-state index < -0.39 is 0 Å². The van der Waals surface area contributed by atoms with E-state index in [1.807, 2.05) is 0 Å². The molecule has 2 fully saturated rings. The summed E-state index contributed by atoms with van der Waals surface area (Å²) in [6.07, 6.45) is 7.56. The molecule has 19 heavy (non-hydrogen) atoms. The van der Waals surface area contributed by atoms with Crippen LogP contribution in [-0.2, 0) is 0 Å². The summed E-state index contributed by atoms with van der Waals surface area (Å²) in [7, 11) is 2.07. The van der Waals surface area contributed by atoms with Crippen molar-refractivity contribution < 1.29 is 0 Å². The fourth-order valence-electron chi connectivity index (χ4n) is 3.51. The summed E-state index contributed by atoms with van der Waals surface area (Å²) in [5, 5.41) is 3.38. The van der Waals surface area contributed by atoms with E-state index >= 15 is 0 Å². The third kappa shape index (κ3) is 2.82. The molecule has 0 aromatic carbocycles. The zero-order valence-corrected chi connectivity index (χ0v) is 12.1. The van der Waals surface area contributed by atoms with Crippen molar-refractivity contribution in [2.75, 3.05) is 20.1 Å². The van der Waals surface area contributed by atoms with Crippen LogP contribution < -0.4 is 5.32 Å². The Bertz CT molecular complexity index is 409. The van der Waals surface area contributed by atoms with Gasteiger partial charge in [0.2, 0.25) is 0 Å². The molecule has 2 atom stereocenters. The van der Waals surface area contributed by atoms with Crippen LogP contribution in [0.25, 0.3) is 0 Å². The highest BCUT2D eigenvalue weighted by atomic mass is 15.2. The predicted octanol–water partition coefficient (Wildman–Crippen LogP) is 2.52. The van der Waals surface area contributed by atoms with Crippen molar-refractivity contribution in [3.05, 3.63) is 29.6 Å². The monoisotopic (exact) mass is 259 g/mol. The van der Waals surface area contributed by atoms with E-state index in [0.29, 0.717) is 6.04 Å². The normalized spacial score (nSPS) is 28.5. The summed E-state index contributed by atoms with van der Waals surface area (Å²) < 4.78 is 0. The number of aryl methyl sites for hydroxylation is 1. The Morgan fingerprint density at radius 1 is 1.32 bits per heavy atom.